The molecule has 0 aliphatic carbocycles. The predicted molar refractivity (Wildman–Crippen MR) is 60.5 cm³/mol. The standard InChI is InChI=1S/C11H10BrN2/c1-8-7-13-14(9(8)2)11-5-3-10(12)4-6-11/h3-7H,2H2,1H3. The van der Waals surface area contributed by atoms with Crippen molar-refractivity contribution in [2.75, 3.05) is 0 Å². The Morgan fingerprint density at radius 3 is 2.43 bits per heavy atom. The summed E-state index contributed by atoms with van der Waals surface area (Å²) in [5.41, 5.74) is 3.08. The molecule has 1 aromatic heterocycles. The van der Waals surface area contributed by atoms with Crippen molar-refractivity contribution in [2.45, 2.75) is 6.92 Å². The average molecular weight is 250 g/mol. The van der Waals surface area contributed by atoms with Gasteiger partial charge in [0, 0.05) is 10.2 Å². The lowest BCUT2D eigenvalue weighted by Crippen LogP contribution is -1.98. The first-order chi connectivity index (χ1) is 6.68. The molecule has 1 radical (unpaired) electrons. The number of halogens is 1. The molecule has 0 aliphatic heterocycles. The Hall–Kier alpha value is -1.09. The molecule has 1 heterocycles. The number of hydrogen-bond donors (Lipinski definition) is 0. The molecule has 3 heteroatoms. The lowest BCUT2D eigenvalue weighted by atomic mass is 10.3. The fraction of sp³-hybridized carbons (Fsp3) is 0.0909. The van der Waals surface area contributed by atoms with Gasteiger partial charge in [0.05, 0.1) is 11.9 Å². The minimum atomic E-state index is 0.937. The number of rotatable bonds is 1. The van der Waals surface area contributed by atoms with Crippen LogP contribution in [0.25, 0.3) is 5.69 Å². The molecule has 2 nitrogen and oxygen atoms in total. The molecule has 0 atom stereocenters. The maximum atomic E-state index is 4.25. The number of nitrogens with zero attached hydrogens (tertiary/aromatic N) is 2. The van der Waals surface area contributed by atoms with Gasteiger partial charge in [-0.05, 0) is 43.7 Å². The summed E-state index contributed by atoms with van der Waals surface area (Å²) in [6.07, 6.45) is 1.82. The number of hydrogen-bond acceptors (Lipinski definition) is 1. The lowest BCUT2D eigenvalue weighted by molar-refractivity contribution is 0.862. The van der Waals surface area contributed by atoms with Gasteiger partial charge in [0.15, 0.2) is 0 Å². The van der Waals surface area contributed by atoms with Gasteiger partial charge in [-0.2, -0.15) is 5.10 Å². The van der Waals surface area contributed by atoms with Gasteiger partial charge in [0.1, 0.15) is 0 Å². The molecule has 0 saturated carbocycles. The monoisotopic (exact) mass is 249 g/mol. The first kappa shape index (κ1) is 9.46. The molecule has 0 unspecified atom stereocenters. The molecule has 0 saturated heterocycles. The highest BCUT2D eigenvalue weighted by atomic mass is 79.9. The minimum Gasteiger partial charge on any atom is -0.238 e. The summed E-state index contributed by atoms with van der Waals surface area (Å²) < 4.78 is 2.90. The molecule has 0 spiro atoms. The van der Waals surface area contributed by atoms with Crippen molar-refractivity contribution >= 4 is 15.9 Å². The summed E-state index contributed by atoms with van der Waals surface area (Å²) in [6.45, 7) is 5.97. The van der Waals surface area contributed by atoms with Crippen molar-refractivity contribution in [2.24, 2.45) is 0 Å². The number of benzene rings is 1. The van der Waals surface area contributed by atoms with Crippen LogP contribution in [0.5, 0.6) is 0 Å². The largest absolute Gasteiger partial charge is 0.238 e. The third kappa shape index (κ3) is 1.60. The quantitative estimate of drug-likeness (QED) is 0.760. The molecule has 2 rings (SSSR count). The van der Waals surface area contributed by atoms with Crippen LogP contribution in [0.15, 0.2) is 34.9 Å². The molecule has 0 amide bonds. The van der Waals surface area contributed by atoms with E-state index in [0.717, 1.165) is 21.4 Å². The molecule has 2 aromatic rings. The van der Waals surface area contributed by atoms with Gasteiger partial charge in [-0.15, -0.1) is 0 Å². The van der Waals surface area contributed by atoms with Crippen molar-refractivity contribution in [3.05, 3.63) is 53.1 Å². The predicted octanol–water partition coefficient (Wildman–Crippen LogP) is 3.13. The van der Waals surface area contributed by atoms with Crippen LogP contribution in [0.4, 0.5) is 0 Å². The fourth-order valence-electron chi connectivity index (χ4n) is 1.26. The maximum Gasteiger partial charge on any atom is 0.0649 e. The van der Waals surface area contributed by atoms with Gasteiger partial charge in [-0.25, -0.2) is 4.68 Å². The summed E-state index contributed by atoms with van der Waals surface area (Å²) in [4.78, 5) is 0. The van der Waals surface area contributed by atoms with Crippen LogP contribution in [-0.2, 0) is 0 Å². The Kier molecular flexibility index (Phi) is 2.42. The van der Waals surface area contributed by atoms with Crippen LogP contribution in [0.2, 0.25) is 0 Å². The summed E-state index contributed by atoms with van der Waals surface area (Å²) in [5, 5.41) is 4.25. The van der Waals surface area contributed by atoms with Crippen LogP contribution in [-0.4, -0.2) is 9.78 Å². The smallest absolute Gasteiger partial charge is 0.0649 e. The zero-order valence-corrected chi connectivity index (χ0v) is 9.45. The molecular formula is C11H10BrN2. The summed E-state index contributed by atoms with van der Waals surface area (Å²) in [7, 11) is 0. The number of aryl methyl sites for hydroxylation is 1. The molecule has 71 valence electrons. The van der Waals surface area contributed by atoms with E-state index in [1.165, 1.54) is 0 Å². The Balaban J connectivity index is 2.49. The second kappa shape index (κ2) is 3.58. The van der Waals surface area contributed by atoms with Gasteiger partial charge in [-0.3, -0.25) is 0 Å². The molecule has 1 aromatic carbocycles. The van der Waals surface area contributed by atoms with E-state index < -0.39 is 0 Å². The van der Waals surface area contributed by atoms with Crippen LogP contribution >= 0.6 is 15.9 Å². The van der Waals surface area contributed by atoms with Crippen molar-refractivity contribution in [1.29, 1.82) is 0 Å². The van der Waals surface area contributed by atoms with Gasteiger partial charge < -0.3 is 0 Å². The van der Waals surface area contributed by atoms with Crippen molar-refractivity contribution in [3.63, 3.8) is 0 Å². The van der Waals surface area contributed by atoms with E-state index in [2.05, 4.69) is 28.0 Å². The van der Waals surface area contributed by atoms with E-state index in [1.807, 2.05) is 42.1 Å². The Bertz CT molecular complexity index is 443. The lowest BCUT2D eigenvalue weighted by Gasteiger charge is -2.04. The zero-order chi connectivity index (χ0) is 10.1. The van der Waals surface area contributed by atoms with Crippen molar-refractivity contribution < 1.29 is 0 Å². The first-order valence-electron chi connectivity index (χ1n) is 4.31. The zero-order valence-electron chi connectivity index (χ0n) is 7.87. The molecule has 0 fully saturated rings. The Morgan fingerprint density at radius 1 is 1.29 bits per heavy atom. The molecule has 14 heavy (non-hydrogen) atoms. The van der Waals surface area contributed by atoms with Gasteiger partial charge >= 0.3 is 0 Å². The fourth-order valence-corrected chi connectivity index (χ4v) is 1.52. The van der Waals surface area contributed by atoms with Crippen molar-refractivity contribution in [1.82, 2.24) is 9.78 Å². The second-order valence-corrected chi connectivity index (χ2v) is 4.08. The highest BCUT2D eigenvalue weighted by molar-refractivity contribution is 9.10. The topological polar surface area (TPSA) is 17.8 Å². The minimum absolute atomic E-state index is 0.937. The molecule has 0 aliphatic rings. The van der Waals surface area contributed by atoms with Crippen LogP contribution in [0.3, 0.4) is 0 Å². The average Bonchev–Trinajstić information content (AvgIpc) is 2.50. The summed E-state index contributed by atoms with van der Waals surface area (Å²) >= 11 is 3.40. The summed E-state index contributed by atoms with van der Waals surface area (Å²) in [6, 6.07) is 7.99. The van der Waals surface area contributed by atoms with E-state index in [4.69, 9.17) is 0 Å². The molecular weight excluding hydrogens is 240 g/mol. The third-order valence-corrected chi connectivity index (χ3v) is 2.68. The SMILES string of the molecule is [CH2]c1c(C)cnn1-c1ccc(Br)cc1. The van der Waals surface area contributed by atoms with E-state index in [0.29, 0.717) is 0 Å². The highest BCUT2D eigenvalue weighted by Crippen LogP contribution is 2.16. The van der Waals surface area contributed by atoms with Crippen molar-refractivity contribution in [3.8, 4) is 5.69 Å². The van der Waals surface area contributed by atoms with E-state index >= 15 is 0 Å². The highest BCUT2D eigenvalue weighted by Gasteiger charge is 2.03. The summed E-state index contributed by atoms with van der Waals surface area (Å²) in [5.74, 6) is 0. The van der Waals surface area contributed by atoms with E-state index in [1.54, 1.807) is 0 Å². The van der Waals surface area contributed by atoms with Crippen LogP contribution in [0, 0.1) is 13.8 Å². The van der Waals surface area contributed by atoms with Gasteiger partial charge in [-0.1, -0.05) is 15.9 Å². The first-order valence-corrected chi connectivity index (χ1v) is 5.10. The Morgan fingerprint density at radius 2 is 1.93 bits per heavy atom. The van der Waals surface area contributed by atoms with E-state index in [9.17, 15) is 0 Å². The Labute approximate surface area is 91.7 Å². The maximum absolute atomic E-state index is 4.25. The van der Waals surface area contributed by atoms with E-state index in [-0.39, 0.29) is 0 Å². The second-order valence-electron chi connectivity index (χ2n) is 3.16. The molecule has 0 bridgehead atoms. The normalized spacial score (nSPS) is 10.5. The third-order valence-electron chi connectivity index (χ3n) is 2.15. The van der Waals surface area contributed by atoms with Gasteiger partial charge in [0.25, 0.3) is 0 Å². The number of aromatic nitrogens is 2. The van der Waals surface area contributed by atoms with Gasteiger partial charge in [0.2, 0.25) is 0 Å². The molecule has 0 N–H and O–H groups in total. The van der Waals surface area contributed by atoms with Crippen LogP contribution in [0.1, 0.15) is 11.3 Å². The van der Waals surface area contributed by atoms with Crippen LogP contribution < -0.4 is 0 Å².